The fourth-order valence-corrected chi connectivity index (χ4v) is 3.79. The van der Waals surface area contributed by atoms with Gasteiger partial charge >= 0.3 is 0 Å². The summed E-state index contributed by atoms with van der Waals surface area (Å²) >= 11 is -1.23. The molecule has 0 aliphatic carbocycles. The minimum atomic E-state index is -1.23. The molecule has 24 heavy (non-hydrogen) atoms. The van der Waals surface area contributed by atoms with E-state index in [0.717, 1.165) is 17.0 Å². The summed E-state index contributed by atoms with van der Waals surface area (Å²) in [4.78, 5) is 4.58. The van der Waals surface area contributed by atoms with Crippen molar-refractivity contribution in [1.82, 2.24) is 9.71 Å². The number of ether oxygens (including phenoxy) is 1. The number of hydrogen-bond donors (Lipinski definition) is 1. The summed E-state index contributed by atoms with van der Waals surface area (Å²) in [5, 5.41) is 0. The number of hydrogen-bond acceptors (Lipinski definition) is 4. The number of pyridine rings is 1. The SMILES string of the molecule is Cc1ccc([C@@]2(N[S+]([O-])C(C)(C)C)CCOc3cccnc32)cc1. The minimum Gasteiger partial charge on any atom is -0.598 e. The second kappa shape index (κ2) is 6.39. The highest BCUT2D eigenvalue weighted by Gasteiger charge is 2.46. The lowest BCUT2D eigenvalue weighted by Crippen LogP contribution is -2.54. The Balaban J connectivity index is 2.14. The molecular weight excluding hydrogens is 320 g/mol. The molecule has 1 aromatic heterocycles. The number of fused-ring (bicyclic) bond motifs is 1. The summed E-state index contributed by atoms with van der Waals surface area (Å²) in [6.45, 7) is 8.53. The predicted octanol–water partition coefficient (Wildman–Crippen LogP) is 3.47. The van der Waals surface area contributed by atoms with Crippen LogP contribution >= 0.6 is 0 Å². The van der Waals surface area contributed by atoms with E-state index in [1.54, 1.807) is 6.20 Å². The first-order valence-corrected chi connectivity index (χ1v) is 9.33. The van der Waals surface area contributed by atoms with Crippen LogP contribution in [-0.4, -0.2) is 20.9 Å². The first-order valence-electron chi connectivity index (χ1n) is 8.18. The lowest BCUT2D eigenvalue weighted by Gasteiger charge is -2.40. The molecule has 0 saturated heterocycles. The fourth-order valence-electron chi connectivity index (χ4n) is 2.85. The third-order valence-electron chi connectivity index (χ3n) is 4.28. The van der Waals surface area contributed by atoms with Crippen LogP contribution in [0.25, 0.3) is 0 Å². The molecule has 0 saturated carbocycles. The van der Waals surface area contributed by atoms with E-state index < -0.39 is 16.9 Å². The Hall–Kier alpha value is -1.56. The largest absolute Gasteiger partial charge is 0.598 e. The van der Waals surface area contributed by atoms with Crippen LogP contribution in [0.2, 0.25) is 0 Å². The summed E-state index contributed by atoms with van der Waals surface area (Å²) in [6, 6.07) is 12.1. The number of rotatable bonds is 3. The summed E-state index contributed by atoms with van der Waals surface area (Å²) < 4.78 is 21.7. The Morgan fingerprint density at radius 1 is 1.21 bits per heavy atom. The molecule has 0 radical (unpaired) electrons. The Kier molecular flexibility index (Phi) is 4.60. The second-order valence-electron chi connectivity index (χ2n) is 7.20. The Labute approximate surface area is 147 Å². The van der Waals surface area contributed by atoms with Crippen molar-refractivity contribution in [2.24, 2.45) is 0 Å². The summed E-state index contributed by atoms with van der Waals surface area (Å²) in [6.07, 6.45) is 2.44. The van der Waals surface area contributed by atoms with Crippen LogP contribution in [0.3, 0.4) is 0 Å². The van der Waals surface area contributed by atoms with Crippen molar-refractivity contribution in [2.75, 3.05) is 6.61 Å². The van der Waals surface area contributed by atoms with Crippen LogP contribution < -0.4 is 9.46 Å². The van der Waals surface area contributed by atoms with E-state index in [1.165, 1.54) is 5.56 Å². The smallest absolute Gasteiger partial charge is 0.143 e. The third-order valence-corrected chi connectivity index (χ3v) is 5.92. The van der Waals surface area contributed by atoms with Crippen molar-refractivity contribution < 1.29 is 9.29 Å². The highest BCUT2D eigenvalue weighted by molar-refractivity contribution is 7.90. The number of nitrogens with zero attached hydrogens (tertiary/aromatic N) is 1. The number of nitrogens with one attached hydrogen (secondary N) is 1. The number of aryl methyl sites for hydroxylation is 1. The Bertz CT molecular complexity index is 712. The topological polar surface area (TPSA) is 57.2 Å². The summed E-state index contributed by atoms with van der Waals surface area (Å²) in [7, 11) is 0. The molecule has 1 aromatic carbocycles. The van der Waals surface area contributed by atoms with Crippen molar-refractivity contribution in [1.29, 1.82) is 0 Å². The molecule has 1 N–H and O–H groups in total. The van der Waals surface area contributed by atoms with Gasteiger partial charge in [-0.15, -0.1) is 4.72 Å². The molecule has 2 aromatic rings. The normalized spacial score (nSPS) is 21.7. The zero-order chi connectivity index (χ0) is 17.4. The molecule has 0 amide bonds. The molecule has 2 atom stereocenters. The van der Waals surface area contributed by atoms with E-state index in [4.69, 9.17) is 4.74 Å². The van der Waals surface area contributed by atoms with Gasteiger partial charge in [-0.2, -0.15) is 0 Å². The van der Waals surface area contributed by atoms with Gasteiger partial charge in [0.2, 0.25) is 0 Å². The van der Waals surface area contributed by atoms with Gasteiger partial charge in [0, 0.05) is 24.0 Å². The van der Waals surface area contributed by atoms with Crippen molar-refractivity contribution in [3.63, 3.8) is 0 Å². The second-order valence-corrected chi connectivity index (χ2v) is 9.17. The molecule has 0 spiro atoms. The molecular formula is C19H24N2O2S. The van der Waals surface area contributed by atoms with Gasteiger partial charge in [0.1, 0.15) is 21.7 Å². The standard InChI is InChI=1S/C19H24N2O2S/c1-14-7-9-15(10-8-14)19(21-24(22)18(2,3)4)11-13-23-16-6-5-12-20-17(16)19/h5-10,12,21H,11,13H2,1-4H3/t19-,24?/m0/s1. The predicted molar refractivity (Wildman–Crippen MR) is 97.3 cm³/mol. The summed E-state index contributed by atoms with van der Waals surface area (Å²) in [5.74, 6) is 0.753. The maximum Gasteiger partial charge on any atom is 0.143 e. The fraction of sp³-hybridized carbons (Fsp3) is 0.421. The van der Waals surface area contributed by atoms with E-state index >= 15 is 0 Å². The zero-order valence-electron chi connectivity index (χ0n) is 14.6. The molecule has 2 heterocycles. The molecule has 3 rings (SSSR count). The van der Waals surface area contributed by atoms with Gasteiger partial charge in [-0.3, -0.25) is 4.98 Å². The monoisotopic (exact) mass is 344 g/mol. The molecule has 0 fully saturated rings. The molecule has 128 valence electrons. The van der Waals surface area contributed by atoms with Gasteiger partial charge in [-0.1, -0.05) is 29.8 Å². The average Bonchev–Trinajstić information content (AvgIpc) is 2.55. The van der Waals surface area contributed by atoms with Crippen LogP contribution in [0.5, 0.6) is 5.75 Å². The lowest BCUT2D eigenvalue weighted by molar-refractivity contribution is 0.221. The first-order chi connectivity index (χ1) is 11.3. The lowest BCUT2D eigenvalue weighted by atomic mass is 9.82. The maximum atomic E-state index is 12.9. The van der Waals surface area contributed by atoms with Gasteiger partial charge in [0.25, 0.3) is 0 Å². The number of aromatic nitrogens is 1. The highest BCUT2D eigenvalue weighted by atomic mass is 32.2. The maximum absolute atomic E-state index is 12.9. The average molecular weight is 344 g/mol. The third kappa shape index (κ3) is 3.16. The van der Waals surface area contributed by atoms with Gasteiger partial charge in [0.05, 0.1) is 6.61 Å². The molecule has 1 aliphatic rings. The number of benzene rings is 1. The summed E-state index contributed by atoms with van der Waals surface area (Å²) in [5.41, 5.74) is 2.45. The quantitative estimate of drug-likeness (QED) is 0.866. The van der Waals surface area contributed by atoms with Crippen LogP contribution in [-0.2, 0) is 16.9 Å². The zero-order valence-corrected chi connectivity index (χ0v) is 15.4. The minimum absolute atomic E-state index is 0.370. The van der Waals surface area contributed by atoms with E-state index in [2.05, 4.69) is 40.9 Å². The van der Waals surface area contributed by atoms with Crippen LogP contribution in [0.15, 0.2) is 42.6 Å². The van der Waals surface area contributed by atoms with Crippen LogP contribution in [0, 0.1) is 6.92 Å². The van der Waals surface area contributed by atoms with Gasteiger partial charge in [-0.25, -0.2) is 0 Å². The van der Waals surface area contributed by atoms with Crippen LogP contribution in [0.1, 0.15) is 44.0 Å². The van der Waals surface area contributed by atoms with Crippen molar-refractivity contribution in [2.45, 2.75) is 44.4 Å². The first kappa shape index (κ1) is 17.3. The van der Waals surface area contributed by atoms with Gasteiger partial charge in [-0.05, 0) is 45.4 Å². The molecule has 5 heteroatoms. The van der Waals surface area contributed by atoms with E-state index in [-0.39, 0.29) is 4.75 Å². The van der Waals surface area contributed by atoms with E-state index in [9.17, 15) is 4.55 Å². The van der Waals surface area contributed by atoms with Gasteiger partial charge in [0.15, 0.2) is 0 Å². The van der Waals surface area contributed by atoms with Crippen molar-refractivity contribution in [3.8, 4) is 5.75 Å². The van der Waals surface area contributed by atoms with Gasteiger partial charge < -0.3 is 9.29 Å². The Morgan fingerprint density at radius 3 is 2.58 bits per heavy atom. The van der Waals surface area contributed by atoms with Crippen molar-refractivity contribution >= 4 is 11.4 Å². The highest BCUT2D eigenvalue weighted by Crippen LogP contribution is 2.41. The molecule has 4 nitrogen and oxygen atoms in total. The molecule has 1 unspecified atom stereocenters. The molecule has 0 bridgehead atoms. The van der Waals surface area contributed by atoms with Crippen molar-refractivity contribution in [3.05, 3.63) is 59.4 Å². The van der Waals surface area contributed by atoms with E-state index in [1.807, 2.05) is 32.9 Å². The molecule has 1 aliphatic heterocycles. The Morgan fingerprint density at radius 2 is 1.92 bits per heavy atom. The van der Waals surface area contributed by atoms with Crippen LogP contribution in [0.4, 0.5) is 0 Å². The van der Waals surface area contributed by atoms with E-state index in [0.29, 0.717) is 13.0 Å².